The van der Waals surface area contributed by atoms with E-state index < -0.39 is 5.97 Å². The van der Waals surface area contributed by atoms with Crippen molar-refractivity contribution in [1.29, 1.82) is 0 Å². The molecule has 0 amide bonds. The molecule has 1 N–H and O–H groups in total. The summed E-state index contributed by atoms with van der Waals surface area (Å²) in [7, 11) is 2.08. The van der Waals surface area contributed by atoms with Crippen LogP contribution < -0.4 is 0 Å². The molecular weight excluding hydrogens is 214 g/mol. The summed E-state index contributed by atoms with van der Waals surface area (Å²) in [6, 6.07) is 0.231. The minimum absolute atomic E-state index is 0.164. The number of hydrogen-bond acceptors (Lipinski definition) is 2. The summed E-state index contributed by atoms with van der Waals surface area (Å²) < 4.78 is 0. The molecule has 0 aromatic carbocycles. The SMILES string of the molecule is CC(C)CCN(C)C1CC(C)CCC1C(=O)O. The predicted octanol–water partition coefficient (Wildman–Crippen LogP) is 2.85. The summed E-state index contributed by atoms with van der Waals surface area (Å²) >= 11 is 0. The summed E-state index contributed by atoms with van der Waals surface area (Å²) in [5.41, 5.74) is 0. The van der Waals surface area contributed by atoms with Crippen LogP contribution in [-0.4, -0.2) is 35.6 Å². The Hall–Kier alpha value is -0.570. The largest absolute Gasteiger partial charge is 0.481 e. The van der Waals surface area contributed by atoms with Gasteiger partial charge in [0.1, 0.15) is 0 Å². The van der Waals surface area contributed by atoms with Crippen molar-refractivity contribution in [2.45, 2.75) is 52.5 Å². The lowest BCUT2D eigenvalue weighted by Gasteiger charge is -2.38. The molecule has 0 radical (unpaired) electrons. The Balaban J connectivity index is 2.58. The second-order valence-corrected chi connectivity index (χ2v) is 6.09. The molecule has 1 rings (SSSR count). The minimum atomic E-state index is -0.613. The van der Waals surface area contributed by atoms with Crippen LogP contribution in [0.2, 0.25) is 0 Å². The maximum Gasteiger partial charge on any atom is 0.308 e. The topological polar surface area (TPSA) is 40.5 Å². The van der Waals surface area contributed by atoms with Gasteiger partial charge in [0.2, 0.25) is 0 Å². The van der Waals surface area contributed by atoms with Crippen LogP contribution in [0.15, 0.2) is 0 Å². The molecule has 1 aliphatic rings. The molecule has 0 bridgehead atoms. The van der Waals surface area contributed by atoms with Gasteiger partial charge in [-0.2, -0.15) is 0 Å². The standard InChI is InChI=1S/C14H27NO2/c1-10(2)7-8-15(4)13-9-11(3)5-6-12(13)14(16)17/h10-13H,5-9H2,1-4H3,(H,16,17). The second-order valence-electron chi connectivity index (χ2n) is 6.09. The number of carboxylic acid groups (broad SMARTS) is 1. The summed E-state index contributed by atoms with van der Waals surface area (Å²) in [5, 5.41) is 9.29. The smallest absolute Gasteiger partial charge is 0.308 e. The van der Waals surface area contributed by atoms with Gasteiger partial charge in [-0.05, 0) is 51.1 Å². The molecule has 0 aromatic heterocycles. The highest BCUT2D eigenvalue weighted by Crippen LogP contribution is 2.32. The zero-order valence-electron chi connectivity index (χ0n) is 11.6. The van der Waals surface area contributed by atoms with E-state index in [1.807, 2.05) is 0 Å². The van der Waals surface area contributed by atoms with E-state index in [4.69, 9.17) is 0 Å². The van der Waals surface area contributed by atoms with E-state index in [0.29, 0.717) is 11.8 Å². The molecule has 0 aliphatic heterocycles. The van der Waals surface area contributed by atoms with Crippen LogP contribution in [0.5, 0.6) is 0 Å². The van der Waals surface area contributed by atoms with Gasteiger partial charge in [0.25, 0.3) is 0 Å². The Morgan fingerprint density at radius 3 is 2.59 bits per heavy atom. The van der Waals surface area contributed by atoms with Crippen LogP contribution in [-0.2, 0) is 4.79 Å². The lowest BCUT2D eigenvalue weighted by molar-refractivity contribution is -0.146. The van der Waals surface area contributed by atoms with Gasteiger partial charge in [0.05, 0.1) is 5.92 Å². The summed E-state index contributed by atoms with van der Waals surface area (Å²) in [6.45, 7) is 7.68. The van der Waals surface area contributed by atoms with Gasteiger partial charge in [0.15, 0.2) is 0 Å². The Morgan fingerprint density at radius 1 is 1.41 bits per heavy atom. The zero-order chi connectivity index (χ0) is 13.0. The molecule has 0 heterocycles. The fraction of sp³-hybridized carbons (Fsp3) is 0.929. The Kier molecular flexibility index (Phi) is 5.44. The number of carbonyl (C=O) groups is 1. The van der Waals surface area contributed by atoms with Crippen molar-refractivity contribution in [2.75, 3.05) is 13.6 Å². The number of hydrogen-bond donors (Lipinski definition) is 1. The van der Waals surface area contributed by atoms with Crippen LogP contribution in [0, 0.1) is 17.8 Å². The van der Waals surface area contributed by atoms with E-state index in [1.54, 1.807) is 0 Å². The first-order valence-electron chi connectivity index (χ1n) is 6.84. The number of rotatable bonds is 5. The van der Waals surface area contributed by atoms with Crippen LogP contribution >= 0.6 is 0 Å². The zero-order valence-corrected chi connectivity index (χ0v) is 11.6. The average molecular weight is 241 g/mol. The molecule has 0 saturated heterocycles. The van der Waals surface area contributed by atoms with Crippen molar-refractivity contribution in [2.24, 2.45) is 17.8 Å². The first kappa shape index (κ1) is 14.5. The van der Waals surface area contributed by atoms with Crippen LogP contribution in [0.4, 0.5) is 0 Å². The molecule has 100 valence electrons. The second kappa shape index (κ2) is 6.39. The molecule has 3 nitrogen and oxygen atoms in total. The quantitative estimate of drug-likeness (QED) is 0.804. The van der Waals surface area contributed by atoms with Crippen molar-refractivity contribution in [3.05, 3.63) is 0 Å². The maximum atomic E-state index is 11.3. The highest BCUT2D eigenvalue weighted by atomic mass is 16.4. The third-order valence-electron chi connectivity index (χ3n) is 4.02. The summed E-state index contributed by atoms with van der Waals surface area (Å²) in [6.07, 6.45) is 4.08. The number of carboxylic acids is 1. The van der Waals surface area contributed by atoms with Gasteiger partial charge in [-0.25, -0.2) is 0 Å². The molecule has 0 spiro atoms. The fourth-order valence-electron chi connectivity index (χ4n) is 2.75. The van der Waals surface area contributed by atoms with E-state index in [-0.39, 0.29) is 12.0 Å². The number of aliphatic carboxylic acids is 1. The van der Waals surface area contributed by atoms with Crippen molar-refractivity contribution in [3.63, 3.8) is 0 Å². The van der Waals surface area contributed by atoms with E-state index in [0.717, 1.165) is 32.2 Å². The molecule has 3 atom stereocenters. The van der Waals surface area contributed by atoms with Crippen molar-refractivity contribution in [3.8, 4) is 0 Å². The highest BCUT2D eigenvalue weighted by molar-refractivity contribution is 5.71. The van der Waals surface area contributed by atoms with Crippen molar-refractivity contribution < 1.29 is 9.90 Å². The fourth-order valence-corrected chi connectivity index (χ4v) is 2.75. The summed E-state index contributed by atoms with van der Waals surface area (Å²) in [5.74, 6) is 0.570. The molecule has 3 unspecified atom stereocenters. The first-order chi connectivity index (χ1) is 7.91. The first-order valence-corrected chi connectivity index (χ1v) is 6.84. The van der Waals surface area contributed by atoms with Gasteiger partial charge < -0.3 is 10.0 Å². The van der Waals surface area contributed by atoms with Gasteiger partial charge >= 0.3 is 5.97 Å². The van der Waals surface area contributed by atoms with Crippen LogP contribution in [0.25, 0.3) is 0 Å². The molecule has 17 heavy (non-hydrogen) atoms. The lowest BCUT2D eigenvalue weighted by atomic mass is 9.78. The van der Waals surface area contributed by atoms with E-state index in [9.17, 15) is 9.90 Å². The third-order valence-corrected chi connectivity index (χ3v) is 4.02. The monoisotopic (exact) mass is 241 g/mol. The molecule has 0 aromatic rings. The number of nitrogens with zero attached hydrogens (tertiary/aromatic N) is 1. The van der Waals surface area contributed by atoms with Gasteiger partial charge in [0, 0.05) is 6.04 Å². The minimum Gasteiger partial charge on any atom is -0.481 e. The van der Waals surface area contributed by atoms with E-state index in [2.05, 4.69) is 32.7 Å². The Morgan fingerprint density at radius 2 is 2.06 bits per heavy atom. The molecular formula is C14H27NO2. The summed E-state index contributed by atoms with van der Waals surface area (Å²) in [4.78, 5) is 13.6. The van der Waals surface area contributed by atoms with Crippen LogP contribution in [0.3, 0.4) is 0 Å². The highest BCUT2D eigenvalue weighted by Gasteiger charge is 2.35. The maximum absolute atomic E-state index is 11.3. The van der Waals surface area contributed by atoms with Gasteiger partial charge in [-0.1, -0.05) is 20.8 Å². The normalized spacial score (nSPS) is 29.9. The van der Waals surface area contributed by atoms with Crippen molar-refractivity contribution in [1.82, 2.24) is 4.90 Å². The average Bonchev–Trinajstić information content (AvgIpc) is 2.25. The van der Waals surface area contributed by atoms with Gasteiger partial charge in [-0.3, -0.25) is 4.79 Å². The lowest BCUT2D eigenvalue weighted by Crippen LogP contribution is -2.45. The van der Waals surface area contributed by atoms with E-state index in [1.165, 1.54) is 0 Å². The Labute approximate surface area is 105 Å². The molecule has 1 saturated carbocycles. The predicted molar refractivity (Wildman–Crippen MR) is 70.0 cm³/mol. The third kappa shape index (κ3) is 4.30. The van der Waals surface area contributed by atoms with Crippen LogP contribution in [0.1, 0.15) is 46.5 Å². The Bertz CT molecular complexity index is 253. The molecule has 3 heteroatoms. The van der Waals surface area contributed by atoms with E-state index >= 15 is 0 Å². The van der Waals surface area contributed by atoms with Crippen molar-refractivity contribution >= 4 is 5.97 Å². The molecule has 1 aliphatic carbocycles. The molecule has 1 fully saturated rings. The van der Waals surface area contributed by atoms with Gasteiger partial charge in [-0.15, -0.1) is 0 Å².